The van der Waals surface area contributed by atoms with Gasteiger partial charge in [-0.3, -0.25) is 4.72 Å². The summed E-state index contributed by atoms with van der Waals surface area (Å²) in [6.07, 6.45) is 3.16. The van der Waals surface area contributed by atoms with Crippen LogP contribution in [0, 0.1) is 18.3 Å². The van der Waals surface area contributed by atoms with Crippen LogP contribution < -0.4 is 9.62 Å². The van der Waals surface area contributed by atoms with Gasteiger partial charge in [-0.2, -0.15) is 13.7 Å². The lowest BCUT2D eigenvalue weighted by Gasteiger charge is -2.26. The third-order valence-electron chi connectivity index (χ3n) is 4.43. The van der Waals surface area contributed by atoms with E-state index in [1.165, 1.54) is 0 Å². The Morgan fingerprint density at radius 3 is 2.89 bits per heavy atom. The lowest BCUT2D eigenvalue weighted by atomic mass is 10.1. The number of fused-ring (bicyclic) bond motifs is 1. The number of aryl methyl sites for hydroxylation is 1. The fourth-order valence-corrected chi connectivity index (χ4v) is 5.35. The zero-order chi connectivity index (χ0) is 19.0. The fraction of sp³-hybridized carbons (Fsp3) is 0.294. The van der Waals surface area contributed by atoms with Gasteiger partial charge in [0.25, 0.3) is 10.0 Å². The van der Waals surface area contributed by atoms with Crippen molar-refractivity contribution in [3.05, 3.63) is 35.7 Å². The Balaban J connectivity index is 1.65. The van der Waals surface area contributed by atoms with Gasteiger partial charge in [-0.25, -0.2) is 4.98 Å². The number of hydrogen-bond donors (Lipinski definition) is 2. The second kappa shape index (κ2) is 6.84. The number of nitrogens with zero attached hydrogens (tertiary/aromatic N) is 3. The number of sulfonamides is 1. The summed E-state index contributed by atoms with van der Waals surface area (Å²) in [7, 11) is -3.84. The number of benzene rings is 1. The first-order chi connectivity index (χ1) is 13.0. The number of thiazole rings is 1. The zero-order valence-electron chi connectivity index (χ0n) is 14.5. The topological polar surface area (TPSA) is 111 Å². The molecule has 0 spiro atoms. The van der Waals surface area contributed by atoms with E-state index in [9.17, 15) is 13.7 Å². The van der Waals surface area contributed by atoms with Crippen molar-refractivity contribution in [1.82, 2.24) is 9.97 Å². The quantitative estimate of drug-likeness (QED) is 0.692. The van der Waals surface area contributed by atoms with Crippen LogP contribution in [0.25, 0.3) is 10.9 Å². The van der Waals surface area contributed by atoms with E-state index in [0.29, 0.717) is 48.5 Å². The predicted octanol–water partition coefficient (Wildman–Crippen LogP) is 2.44. The molecule has 1 saturated heterocycles. The molecule has 3 heterocycles. The molecule has 1 aliphatic heterocycles. The second-order valence-electron chi connectivity index (χ2n) is 6.16. The Hall–Kier alpha value is -2.61. The maximum atomic E-state index is 12.8. The monoisotopic (exact) mass is 403 g/mol. The molecule has 10 heteroatoms. The average molecular weight is 403 g/mol. The molecule has 4 rings (SSSR count). The SMILES string of the molecule is Cc1ccc(NS(=O)(=O)c2ncc(N3CCOCC3)s2)c2[nH]cc(C#N)c12. The van der Waals surface area contributed by atoms with E-state index in [1.54, 1.807) is 24.5 Å². The highest BCUT2D eigenvalue weighted by atomic mass is 32.2. The molecule has 0 bridgehead atoms. The van der Waals surface area contributed by atoms with Crippen molar-refractivity contribution in [3.63, 3.8) is 0 Å². The van der Waals surface area contributed by atoms with Gasteiger partial charge in [0.15, 0.2) is 0 Å². The van der Waals surface area contributed by atoms with Crippen LogP contribution in [0.3, 0.4) is 0 Å². The van der Waals surface area contributed by atoms with Gasteiger partial charge >= 0.3 is 0 Å². The van der Waals surface area contributed by atoms with Crippen molar-refractivity contribution in [2.24, 2.45) is 0 Å². The van der Waals surface area contributed by atoms with E-state index in [0.717, 1.165) is 21.9 Å². The number of nitrogens with one attached hydrogen (secondary N) is 2. The standard InChI is InChI=1S/C17H17N5O3S2/c1-11-2-3-13(16-15(11)12(8-18)9-19-16)21-27(23,24)17-20-10-14(26-17)22-4-6-25-7-5-22/h2-3,9-10,19,21H,4-7H2,1H3. The van der Waals surface area contributed by atoms with Crippen molar-refractivity contribution in [1.29, 1.82) is 5.26 Å². The van der Waals surface area contributed by atoms with Gasteiger partial charge in [0.2, 0.25) is 4.34 Å². The van der Waals surface area contributed by atoms with Gasteiger partial charge < -0.3 is 14.6 Å². The van der Waals surface area contributed by atoms with Crippen molar-refractivity contribution >= 4 is 43.0 Å². The van der Waals surface area contributed by atoms with E-state index in [4.69, 9.17) is 4.74 Å². The largest absolute Gasteiger partial charge is 0.378 e. The highest BCUT2D eigenvalue weighted by Crippen LogP contribution is 2.32. The first-order valence-electron chi connectivity index (χ1n) is 8.32. The van der Waals surface area contributed by atoms with Gasteiger partial charge in [-0.15, -0.1) is 0 Å². The molecule has 0 saturated carbocycles. The normalized spacial score (nSPS) is 15.0. The van der Waals surface area contributed by atoms with Gasteiger partial charge in [0.1, 0.15) is 11.1 Å². The maximum Gasteiger partial charge on any atom is 0.289 e. The van der Waals surface area contributed by atoms with Crippen LogP contribution in [-0.2, 0) is 14.8 Å². The molecule has 2 aromatic heterocycles. The number of rotatable bonds is 4. The number of anilines is 2. The third-order valence-corrected chi connectivity index (χ3v) is 7.25. The lowest BCUT2D eigenvalue weighted by Crippen LogP contribution is -2.35. The smallest absolute Gasteiger partial charge is 0.289 e. The predicted molar refractivity (Wildman–Crippen MR) is 104 cm³/mol. The molecular formula is C17H17N5O3S2. The maximum absolute atomic E-state index is 12.8. The van der Waals surface area contributed by atoms with Crippen LogP contribution in [0.1, 0.15) is 11.1 Å². The number of morpholine rings is 1. The van der Waals surface area contributed by atoms with Crippen molar-refractivity contribution in [2.45, 2.75) is 11.3 Å². The molecule has 8 nitrogen and oxygen atoms in total. The number of aromatic nitrogens is 2. The molecule has 1 fully saturated rings. The molecule has 1 aromatic carbocycles. The molecule has 1 aliphatic rings. The number of aromatic amines is 1. The first-order valence-corrected chi connectivity index (χ1v) is 10.6. The van der Waals surface area contributed by atoms with Crippen LogP contribution in [0.5, 0.6) is 0 Å². The van der Waals surface area contributed by atoms with Gasteiger partial charge in [0, 0.05) is 24.7 Å². The minimum absolute atomic E-state index is 0.00443. The Kier molecular flexibility index (Phi) is 4.51. The Bertz CT molecular complexity index is 1140. The molecule has 2 N–H and O–H groups in total. The molecular weight excluding hydrogens is 386 g/mol. The molecule has 0 atom stereocenters. The number of nitriles is 1. The van der Waals surface area contributed by atoms with Crippen LogP contribution in [-0.4, -0.2) is 44.7 Å². The fourth-order valence-electron chi connectivity index (χ4n) is 3.09. The zero-order valence-corrected chi connectivity index (χ0v) is 16.2. The molecule has 0 radical (unpaired) electrons. The molecule has 140 valence electrons. The summed E-state index contributed by atoms with van der Waals surface area (Å²) >= 11 is 1.13. The molecule has 27 heavy (non-hydrogen) atoms. The van der Waals surface area contributed by atoms with E-state index in [2.05, 4.69) is 25.7 Å². The highest BCUT2D eigenvalue weighted by Gasteiger charge is 2.23. The van der Waals surface area contributed by atoms with Gasteiger partial charge in [-0.1, -0.05) is 17.4 Å². The Labute approximate surface area is 160 Å². The lowest BCUT2D eigenvalue weighted by molar-refractivity contribution is 0.123. The Morgan fingerprint density at radius 2 is 2.15 bits per heavy atom. The summed E-state index contributed by atoms with van der Waals surface area (Å²) < 4.78 is 33.6. The number of hydrogen-bond acceptors (Lipinski definition) is 7. The highest BCUT2D eigenvalue weighted by molar-refractivity contribution is 7.94. The van der Waals surface area contributed by atoms with Crippen LogP contribution in [0.4, 0.5) is 10.7 Å². The summed E-state index contributed by atoms with van der Waals surface area (Å²) in [6.45, 7) is 4.55. The number of ether oxygens (including phenoxy) is 1. The van der Waals surface area contributed by atoms with E-state index >= 15 is 0 Å². The average Bonchev–Trinajstić information content (AvgIpc) is 3.32. The minimum Gasteiger partial charge on any atom is -0.378 e. The summed E-state index contributed by atoms with van der Waals surface area (Å²) in [5.41, 5.74) is 2.35. The van der Waals surface area contributed by atoms with E-state index in [-0.39, 0.29) is 4.34 Å². The van der Waals surface area contributed by atoms with E-state index < -0.39 is 10.0 Å². The summed E-state index contributed by atoms with van der Waals surface area (Å²) in [4.78, 5) is 9.16. The van der Waals surface area contributed by atoms with Gasteiger partial charge in [-0.05, 0) is 18.6 Å². The van der Waals surface area contributed by atoms with E-state index in [1.807, 2.05) is 6.92 Å². The minimum atomic E-state index is -3.84. The molecule has 0 unspecified atom stereocenters. The van der Waals surface area contributed by atoms with Crippen LogP contribution in [0.15, 0.2) is 28.9 Å². The molecule has 0 aliphatic carbocycles. The summed E-state index contributed by atoms with van der Waals surface area (Å²) in [5, 5.41) is 10.8. The van der Waals surface area contributed by atoms with Crippen LogP contribution in [0.2, 0.25) is 0 Å². The first kappa shape index (κ1) is 17.8. The van der Waals surface area contributed by atoms with Crippen molar-refractivity contribution in [3.8, 4) is 6.07 Å². The van der Waals surface area contributed by atoms with Crippen molar-refractivity contribution < 1.29 is 13.2 Å². The van der Waals surface area contributed by atoms with Crippen molar-refractivity contribution in [2.75, 3.05) is 35.9 Å². The third kappa shape index (κ3) is 3.25. The van der Waals surface area contributed by atoms with Crippen LogP contribution >= 0.6 is 11.3 Å². The second-order valence-corrected chi connectivity index (χ2v) is 9.03. The Morgan fingerprint density at radius 1 is 1.37 bits per heavy atom. The van der Waals surface area contributed by atoms with Gasteiger partial charge in [0.05, 0.1) is 36.2 Å². The molecule has 0 amide bonds. The molecule has 3 aromatic rings. The summed E-state index contributed by atoms with van der Waals surface area (Å²) in [5.74, 6) is 0. The number of H-pyrrole nitrogens is 1. The summed E-state index contributed by atoms with van der Waals surface area (Å²) in [6, 6.07) is 5.59.